The lowest BCUT2D eigenvalue weighted by Gasteiger charge is -2.37. The molecule has 1 amide bonds. The highest BCUT2D eigenvalue weighted by Gasteiger charge is 2.33. The molecule has 188 valence electrons. The van der Waals surface area contributed by atoms with E-state index in [9.17, 15) is 9.90 Å². The van der Waals surface area contributed by atoms with Gasteiger partial charge < -0.3 is 29.0 Å². The van der Waals surface area contributed by atoms with Gasteiger partial charge in [-0.1, -0.05) is 6.07 Å². The number of rotatable bonds is 14. The molecule has 1 N–H and O–H groups in total. The first-order valence-corrected chi connectivity index (χ1v) is 12.5. The second kappa shape index (κ2) is 13.7. The summed E-state index contributed by atoms with van der Waals surface area (Å²) in [5.74, 6) is 1.44. The zero-order valence-electron chi connectivity index (χ0n) is 20.3. The van der Waals surface area contributed by atoms with Crippen LogP contribution in [0, 0.1) is 0 Å². The molecule has 0 aliphatic carbocycles. The number of hydrogen-bond acceptors (Lipinski definition) is 8. The van der Waals surface area contributed by atoms with Crippen LogP contribution < -0.4 is 9.47 Å². The van der Waals surface area contributed by atoms with Gasteiger partial charge in [-0.15, -0.1) is 11.3 Å². The fourth-order valence-electron chi connectivity index (χ4n) is 4.08. The Labute approximate surface area is 206 Å². The number of nitrogens with zero attached hydrogens (tertiary/aromatic N) is 2. The lowest BCUT2D eigenvalue weighted by molar-refractivity contribution is -0.136. The van der Waals surface area contributed by atoms with Gasteiger partial charge in [0.25, 0.3) is 0 Å². The van der Waals surface area contributed by atoms with Crippen molar-refractivity contribution in [3.63, 3.8) is 0 Å². The summed E-state index contributed by atoms with van der Waals surface area (Å²) in [5.41, 5.74) is 1.15. The van der Waals surface area contributed by atoms with Gasteiger partial charge >= 0.3 is 0 Å². The van der Waals surface area contributed by atoms with E-state index in [2.05, 4.69) is 11.4 Å². The molecule has 3 rings (SSSR count). The van der Waals surface area contributed by atoms with Crippen LogP contribution in [0.3, 0.4) is 0 Å². The Bertz CT molecular complexity index is 892. The third-order valence-corrected chi connectivity index (χ3v) is 6.81. The number of ether oxygens (including phenoxy) is 4. The van der Waals surface area contributed by atoms with Crippen LogP contribution in [-0.2, 0) is 20.7 Å². The maximum atomic E-state index is 13.5. The standard InChI is InChI=1S/C25H36N2O6S/c1-4-32-17-19(28)15-26(11-12-30-2)16-25(29)27-10-8-24-22(9-13-34-24)23(27)18-33-21-7-5-6-20(14-21)31-3/h5-7,9,13-14,19,23,28H,4,8,10-12,15-18H2,1-3H3/t19-,23+/m0/s1. The van der Waals surface area contributed by atoms with Gasteiger partial charge in [0, 0.05) is 44.3 Å². The van der Waals surface area contributed by atoms with Gasteiger partial charge in [-0.25, -0.2) is 0 Å². The Balaban J connectivity index is 1.70. The molecule has 0 radical (unpaired) electrons. The fraction of sp³-hybridized carbons (Fsp3) is 0.560. The van der Waals surface area contributed by atoms with E-state index in [4.69, 9.17) is 18.9 Å². The molecular weight excluding hydrogens is 456 g/mol. The second-order valence-electron chi connectivity index (χ2n) is 8.18. The topological polar surface area (TPSA) is 80.7 Å². The highest BCUT2D eigenvalue weighted by Crippen LogP contribution is 2.34. The van der Waals surface area contributed by atoms with Gasteiger partial charge in [0.1, 0.15) is 18.1 Å². The smallest absolute Gasteiger partial charge is 0.237 e. The van der Waals surface area contributed by atoms with Crippen LogP contribution in [0.15, 0.2) is 35.7 Å². The summed E-state index contributed by atoms with van der Waals surface area (Å²) in [5, 5.41) is 12.4. The number of thiophene rings is 1. The van der Waals surface area contributed by atoms with E-state index in [1.807, 2.05) is 41.0 Å². The minimum Gasteiger partial charge on any atom is -0.497 e. The maximum absolute atomic E-state index is 13.5. The Kier molecular flexibility index (Phi) is 10.6. The zero-order valence-corrected chi connectivity index (χ0v) is 21.1. The van der Waals surface area contributed by atoms with Crippen LogP contribution in [0.5, 0.6) is 11.5 Å². The molecule has 34 heavy (non-hydrogen) atoms. The van der Waals surface area contributed by atoms with Crippen LogP contribution in [0.25, 0.3) is 0 Å². The first-order chi connectivity index (χ1) is 16.5. The minimum atomic E-state index is -0.665. The molecule has 1 aromatic heterocycles. The van der Waals surface area contributed by atoms with E-state index in [0.717, 1.165) is 17.7 Å². The number of methoxy groups -OCH3 is 2. The van der Waals surface area contributed by atoms with Crippen LogP contribution in [-0.4, -0.2) is 93.7 Å². The molecular formula is C25H36N2O6S. The highest BCUT2D eigenvalue weighted by atomic mass is 32.1. The average Bonchev–Trinajstić information content (AvgIpc) is 3.33. The Morgan fingerprint density at radius 3 is 2.88 bits per heavy atom. The van der Waals surface area contributed by atoms with Crippen molar-refractivity contribution in [1.29, 1.82) is 0 Å². The molecule has 0 spiro atoms. The average molecular weight is 493 g/mol. The van der Waals surface area contributed by atoms with Gasteiger partial charge in [0.05, 0.1) is 39.0 Å². The predicted octanol–water partition coefficient (Wildman–Crippen LogP) is 2.61. The van der Waals surface area contributed by atoms with Gasteiger partial charge in [-0.2, -0.15) is 0 Å². The molecule has 8 nitrogen and oxygen atoms in total. The van der Waals surface area contributed by atoms with Crippen molar-refractivity contribution in [3.8, 4) is 11.5 Å². The van der Waals surface area contributed by atoms with Gasteiger partial charge in [-0.3, -0.25) is 9.69 Å². The summed E-state index contributed by atoms with van der Waals surface area (Å²) in [6.07, 6.45) is 0.168. The van der Waals surface area contributed by atoms with E-state index in [1.165, 1.54) is 4.88 Å². The summed E-state index contributed by atoms with van der Waals surface area (Å²) in [4.78, 5) is 18.6. The number of carbonyl (C=O) groups excluding carboxylic acids is 1. The van der Waals surface area contributed by atoms with Crippen molar-refractivity contribution in [2.45, 2.75) is 25.5 Å². The first-order valence-electron chi connectivity index (χ1n) is 11.6. The van der Waals surface area contributed by atoms with Crippen molar-refractivity contribution >= 4 is 17.2 Å². The number of aliphatic hydroxyl groups excluding tert-OH is 1. The van der Waals surface area contributed by atoms with Crippen molar-refractivity contribution in [2.24, 2.45) is 0 Å². The molecule has 2 atom stereocenters. The SMILES string of the molecule is CCOC[C@@H](O)CN(CCOC)CC(=O)N1CCc2sccc2[C@H]1COc1cccc(OC)c1. The zero-order chi connectivity index (χ0) is 24.3. The van der Waals surface area contributed by atoms with E-state index < -0.39 is 6.10 Å². The lowest BCUT2D eigenvalue weighted by atomic mass is 10.0. The predicted molar refractivity (Wildman–Crippen MR) is 132 cm³/mol. The van der Waals surface area contributed by atoms with Crippen LogP contribution >= 0.6 is 11.3 Å². The van der Waals surface area contributed by atoms with E-state index in [0.29, 0.717) is 45.2 Å². The van der Waals surface area contributed by atoms with E-state index in [1.54, 1.807) is 25.6 Å². The number of amides is 1. The van der Waals surface area contributed by atoms with E-state index in [-0.39, 0.29) is 25.1 Å². The van der Waals surface area contributed by atoms with Gasteiger partial charge in [0.15, 0.2) is 0 Å². The van der Waals surface area contributed by atoms with Crippen molar-refractivity contribution in [1.82, 2.24) is 9.80 Å². The number of aliphatic hydroxyl groups is 1. The minimum absolute atomic E-state index is 0.0100. The third-order valence-electron chi connectivity index (χ3n) is 5.82. The third kappa shape index (κ3) is 7.41. The summed E-state index contributed by atoms with van der Waals surface area (Å²) >= 11 is 1.72. The summed E-state index contributed by atoms with van der Waals surface area (Å²) < 4.78 is 22.0. The molecule has 2 heterocycles. The number of hydrogen-bond donors (Lipinski definition) is 1. The summed E-state index contributed by atoms with van der Waals surface area (Å²) in [7, 11) is 3.25. The molecule has 1 aliphatic rings. The first kappa shape index (κ1) is 26.4. The van der Waals surface area contributed by atoms with Crippen molar-refractivity contribution in [3.05, 3.63) is 46.2 Å². The van der Waals surface area contributed by atoms with Crippen LogP contribution in [0.1, 0.15) is 23.4 Å². The lowest BCUT2D eigenvalue weighted by Crippen LogP contribution is -2.48. The maximum Gasteiger partial charge on any atom is 0.237 e. The monoisotopic (exact) mass is 492 g/mol. The number of carbonyl (C=O) groups is 1. The molecule has 1 aliphatic heterocycles. The molecule has 9 heteroatoms. The fourth-order valence-corrected chi connectivity index (χ4v) is 5.01. The van der Waals surface area contributed by atoms with Gasteiger partial charge in [-0.05, 0) is 42.5 Å². The highest BCUT2D eigenvalue weighted by molar-refractivity contribution is 7.10. The van der Waals surface area contributed by atoms with Crippen molar-refractivity contribution < 1.29 is 28.8 Å². The molecule has 1 aromatic carbocycles. The molecule has 2 aromatic rings. The van der Waals surface area contributed by atoms with Crippen molar-refractivity contribution in [2.75, 3.05) is 66.8 Å². The molecule has 0 bridgehead atoms. The van der Waals surface area contributed by atoms with E-state index >= 15 is 0 Å². The van der Waals surface area contributed by atoms with Crippen LogP contribution in [0.4, 0.5) is 0 Å². The molecule has 0 saturated carbocycles. The number of fused-ring (bicyclic) bond motifs is 1. The Morgan fingerprint density at radius 1 is 1.29 bits per heavy atom. The van der Waals surface area contributed by atoms with Crippen LogP contribution in [0.2, 0.25) is 0 Å². The normalized spacial score (nSPS) is 16.4. The Hall–Kier alpha value is -2.17. The molecule has 0 unspecified atom stereocenters. The van der Waals surface area contributed by atoms with Gasteiger partial charge in [0.2, 0.25) is 5.91 Å². The quantitative estimate of drug-likeness (QED) is 0.434. The second-order valence-corrected chi connectivity index (χ2v) is 9.18. The number of benzene rings is 1. The summed E-state index contributed by atoms with van der Waals surface area (Å²) in [6, 6.07) is 9.40. The summed E-state index contributed by atoms with van der Waals surface area (Å²) in [6.45, 7) is 5.24. The Morgan fingerprint density at radius 2 is 2.12 bits per heavy atom. The largest absolute Gasteiger partial charge is 0.497 e. The molecule has 0 saturated heterocycles. The molecule has 0 fully saturated rings.